The molecule has 0 saturated heterocycles. The lowest BCUT2D eigenvalue weighted by molar-refractivity contribution is -0.114. The van der Waals surface area contributed by atoms with Crippen molar-refractivity contribution in [3.05, 3.63) is 59.1 Å². The van der Waals surface area contributed by atoms with Gasteiger partial charge in [0, 0.05) is 5.69 Å². The quantitative estimate of drug-likeness (QED) is 0.859. The molecular weight excluding hydrogens is 296 g/mol. The van der Waals surface area contributed by atoms with Crippen molar-refractivity contribution in [3.8, 4) is 0 Å². The number of benzene rings is 2. The van der Waals surface area contributed by atoms with E-state index in [1.165, 1.54) is 0 Å². The van der Waals surface area contributed by atoms with Crippen LogP contribution in [0, 0.1) is 0 Å². The van der Waals surface area contributed by atoms with Gasteiger partial charge < -0.3 is 10.6 Å². The van der Waals surface area contributed by atoms with Crippen molar-refractivity contribution in [3.63, 3.8) is 0 Å². The number of nitrogens with one attached hydrogen (secondary N) is 2. The summed E-state index contributed by atoms with van der Waals surface area (Å²) in [6.07, 6.45) is 0. The van der Waals surface area contributed by atoms with E-state index in [9.17, 15) is 4.79 Å². The Labute approximate surface area is 136 Å². The molecule has 0 aromatic heterocycles. The van der Waals surface area contributed by atoms with E-state index < -0.39 is 0 Å². The second-order valence-electron chi connectivity index (χ2n) is 6.18. The maximum absolute atomic E-state index is 12.2. The molecule has 0 fully saturated rings. The van der Waals surface area contributed by atoms with E-state index >= 15 is 0 Å². The Bertz CT molecular complexity index is 662. The molecule has 2 aromatic carbocycles. The van der Waals surface area contributed by atoms with Crippen molar-refractivity contribution in [2.75, 3.05) is 17.2 Å². The molecule has 2 aromatic rings. The second-order valence-corrected chi connectivity index (χ2v) is 6.58. The smallest absolute Gasteiger partial charge is 0.243 e. The van der Waals surface area contributed by atoms with Crippen LogP contribution in [-0.4, -0.2) is 12.5 Å². The predicted octanol–water partition coefficient (Wildman–Crippen LogP) is 4.69. The number of rotatable bonds is 4. The summed E-state index contributed by atoms with van der Waals surface area (Å²) in [7, 11) is 0. The van der Waals surface area contributed by atoms with E-state index in [-0.39, 0.29) is 17.9 Å². The lowest BCUT2D eigenvalue weighted by Gasteiger charge is -2.23. The molecule has 0 unspecified atom stereocenters. The van der Waals surface area contributed by atoms with Crippen molar-refractivity contribution in [2.45, 2.75) is 26.2 Å². The van der Waals surface area contributed by atoms with Crippen molar-refractivity contribution >= 4 is 28.9 Å². The first-order valence-electron chi connectivity index (χ1n) is 7.25. The molecule has 0 radical (unpaired) electrons. The largest absolute Gasteiger partial charge is 0.375 e. The van der Waals surface area contributed by atoms with Crippen LogP contribution in [0.3, 0.4) is 0 Å². The third-order valence-electron chi connectivity index (χ3n) is 3.32. The number of para-hydroxylation sites is 2. The third-order valence-corrected chi connectivity index (χ3v) is 3.65. The van der Waals surface area contributed by atoms with Crippen LogP contribution in [0.15, 0.2) is 48.5 Å². The molecule has 0 atom stereocenters. The predicted molar refractivity (Wildman–Crippen MR) is 93.7 cm³/mol. The average molecular weight is 317 g/mol. The summed E-state index contributed by atoms with van der Waals surface area (Å²) in [4.78, 5) is 12.2. The fraction of sp³-hybridized carbons (Fsp3) is 0.278. The number of carbonyl (C=O) groups is 1. The van der Waals surface area contributed by atoms with Gasteiger partial charge in [0.05, 0.1) is 17.3 Å². The lowest BCUT2D eigenvalue weighted by atomic mass is 9.86. The molecule has 0 aliphatic carbocycles. The summed E-state index contributed by atoms with van der Waals surface area (Å²) < 4.78 is 0. The first-order chi connectivity index (χ1) is 10.4. The Morgan fingerprint density at radius 3 is 2.23 bits per heavy atom. The van der Waals surface area contributed by atoms with Crippen LogP contribution in [0.25, 0.3) is 0 Å². The standard InChI is InChI=1S/C18H21ClN2O/c1-18(2,3)13-8-4-6-10-15(13)21-17(22)12-20-16-11-7-5-9-14(16)19/h4-11,20H,12H2,1-3H3,(H,21,22). The molecular formula is C18H21ClN2O. The highest BCUT2D eigenvalue weighted by atomic mass is 35.5. The maximum atomic E-state index is 12.2. The Kier molecular flexibility index (Phi) is 5.09. The molecule has 3 nitrogen and oxygen atoms in total. The fourth-order valence-corrected chi connectivity index (χ4v) is 2.42. The molecule has 0 saturated carbocycles. The van der Waals surface area contributed by atoms with E-state index in [0.717, 1.165) is 16.9 Å². The molecule has 0 bridgehead atoms. The molecule has 22 heavy (non-hydrogen) atoms. The number of hydrogen-bond acceptors (Lipinski definition) is 2. The molecule has 2 rings (SSSR count). The van der Waals surface area contributed by atoms with Gasteiger partial charge in [-0.05, 0) is 29.2 Å². The van der Waals surface area contributed by atoms with Crippen LogP contribution < -0.4 is 10.6 Å². The number of carbonyl (C=O) groups excluding carboxylic acids is 1. The summed E-state index contributed by atoms with van der Waals surface area (Å²) in [5, 5.41) is 6.61. The number of halogens is 1. The highest BCUT2D eigenvalue weighted by Gasteiger charge is 2.18. The average Bonchev–Trinajstić information content (AvgIpc) is 2.46. The summed E-state index contributed by atoms with van der Waals surface area (Å²) in [6, 6.07) is 15.2. The first kappa shape index (κ1) is 16.4. The van der Waals surface area contributed by atoms with E-state index in [1.807, 2.05) is 42.5 Å². The van der Waals surface area contributed by atoms with Gasteiger partial charge in [0.1, 0.15) is 0 Å². The fourth-order valence-electron chi connectivity index (χ4n) is 2.22. The zero-order valence-corrected chi connectivity index (χ0v) is 13.9. The normalized spacial score (nSPS) is 11.1. The maximum Gasteiger partial charge on any atom is 0.243 e. The monoisotopic (exact) mass is 316 g/mol. The Balaban J connectivity index is 2.03. The SMILES string of the molecule is CC(C)(C)c1ccccc1NC(=O)CNc1ccccc1Cl. The molecule has 1 amide bonds. The minimum absolute atomic E-state index is 0.0277. The molecule has 0 heterocycles. The van der Waals surface area contributed by atoms with Crippen molar-refractivity contribution < 1.29 is 4.79 Å². The Morgan fingerprint density at radius 1 is 1.00 bits per heavy atom. The summed E-state index contributed by atoms with van der Waals surface area (Å²) in [5.41, 5.74) is 2.69. The summed E-state index contributed by atoms with van der Waals surface area (Å²) >= 11 is 6.06. The minimum Gasteiger partial charge on any atom is -0.375 e. The van der Waals surface area contributed by atoms with Crippen LogP contribution in [-0.2, 0) is 10.2 Å². The zero-order valence-electron chi connectivity index (χ0n) is 13.1. The minimum atomic E-state index is -0.100. The molecule has 2 N–H and O–H groups in total. The van der Waals surface area contributed by atoms with Gasteiger partial charge in [-0.3, -0.25) is 4.79 Å². The van der Waals surface area contributed by atoms with Gasteiger partial charge in [-0.2, -0.15) is 0 Å². The van der Waals surface area contributed by atoms with E-state index in [1.54, 1.807) is 6.07 Å². The highest BCUT2D eigenvalue weighted by molar-refractivity contribution is 6.33. The molecule has 0 spiro atoms. The molecule has 116 valence electrons. The Morgan fingerprint density at radius 2 is 1.59 bits per heavy atom. The van der Waals surface area contributed by atoms with Crippen LogP contribution >= 0.6 is 11.6 Å². The van der Waals surface area contributed by atoms with Gasteiger partial charge >= 0.3 is 0 Å². The van der Waals surface area contributed by atoms with Crippen LogP contribution in [0.2, 0.25) is 5.02 Å². The van der Waals surface area contributed by atoms with E-state index in [0.29, 0.717) is 5.02 Å². The van der Waals surface area contributed by atoms with Crippen molar-refractivity contribution in [1.29, 1.82) is 0 Å². The number of amides is 1. The van der Waals surface area contributed by atoms with Crippen molar-refractivity contribution in [2.24, 2.45) is 0 Å². The van der Waals surface area contributed by atoms with E-state index in [2.05, 4.69) is 31.4 Å². The molecule has 4 heteroatoms. The first-order valence-corrected chi connectivity index (χ1v) is 7.63. The lowest BCUT2D eigenvalue weighted by Crippen LogP contribution is -2.24. The van der Waals surface area contributed by atoms with Crippen LogP contribution in [0.5, 0.6) is 0 Å². The number of hydrogen-bond donors (Lipinski definition) is 2. The van der Waals surface area contributed by atoms with Gasteiger partial charge in [0.15, 0.2) is 0 Å². The van der Waals surface area contributed by atoms with Gasteiger partial charge in [0.2, 0.25) is 5.91 Å². The third kappa shape index (κ3) is 4.25. The van der Waals surface area contributed by atoms with Gasteiger partial charge in [-0.15, -0.1) is 0 Å². The number of anilines is 2. The van der Waals surface area contributed by atoms with Gasteiger partial charge in [0.25, 0.3) is 0 Å². The van der Waals surface area contributed by atoms with Crippen LogP contribution in [0.1, 0.15) is 26.3 Å². The van der Waals surface area contributed by atoms with E-state index in [4.69, 9.17) is 11.6 Å². The molecule has 0 aliphatic rings. The zero-order chi connectivity index (χ0) is 16.2. The summed E-state index contributed by atoms with van der Waals surface area (Å²) in [6.45, 7) is 6.54. The van der Waals surface area contributed by atoms with Gasteiger partial charge in [-0.25, -0.2) is 0 Å². The second kappa shape index (κ2) is 6.84. The van der Waals surface area contributed by atoms with Crippen LogP contribution in [0.4, 0.5) is 11.4 Å². The highest BCUT2D eigenvalue weighted by Crippen LogP contribution is 2.29. The topological polar surface area (TPSA) is 41.1 Å². The Hall–Kier alpha value is -2.00. The van der Waals surface area contributed by atoms with Crippen molar-refractivity contribution in [1.82, 2.24) is 0 Å². The van der Waals surface area contributed by atoms with Gasteiger partial charge in [-0.1, -0.05) is 62.7 Å². The molecule has 0 aliphatic heterocycles. The summed E-state index contributed by atoms with van der Waals surface area (Å²) in [5.74, 6) is -0.100.